The third kappa shape index (κ3) is 4.78. The number of aromatic nitrogens is 1. The molecule has 0 atom stereocenters. The van der Waals surface area contributed by atoms with Crippen molar-refractivity contribution in [2.75, 3.05) is 18.5 Å². The van der Waals surface area contributed by atoms with Gasteiger partial charge in [-0.2, -0.15) is 0 Å². The van der Waals surface area contributed by atoms with Crippen molar-refractivity contribution in [2.45, 2.75) is 4.21 Å². The Morgan fingerprint density at radius 1 is 1.09 bits per heavy atom. The first-order valence-corrected chi connectivity index (χ1v) is 13.0. The van der Waals surface area contributed by atoms with Crippen LogP contribution in [0.25, 0.3) is 16.5 Å². The van der Waals surface area contributed by atoms with Gasteiger partial charge in [0, 0.05) is 28.5 Å². The summed E-state index contributed by atoms with van der Waals surface area (Å²) in [5.41, 5.74) is 1.55. The van der Waals surface area contributed by atoms with E-state index < -0.39 is 16.1 Å². The van der Waals surface area contributed by atoms with Crippen LogP contribution in [0.15, 0.2) is 80.9 Å². The number of urea groups is 1. The zero-order valence-corrected chi connectivity index (χ0v) is 20.3. The summed E-state index contributed by atoms with van der Waals surface area (Å²) in [5, 5.41) is 3.77. The van der Waals surface area contributed by atoms with Crippen LogP contribution in [0.4, 0.5) is 10.5 Å². The summed E-state index contributed by atoms with van der Waals surface area (Å²) in [7, 11) is -4.03. The largest absolute Gasteiger partial charge is 0.476 e. The minimum absolute atomic E-state index is 0.0699. The molecule has 0 radical (unpaired) electrons. The predicted octanol–water partition coefficient (Wildman–Crippen LogP) is 3.99. The number of rotatable bonds is 5. The lowest BCUT2D eigenvalue weighted by Crippen LogP contribution is -2.33. The molecule has 2 aromatic heterocycles. The zero-order valence-electron chi connectivity index (χ0n) is 17.9. The Hall–Kier alpha value is -3.67. The molecule has 0 fully saturated rings. The van der Waals surface area contributed by atoms with Crippen molar-refractivity contribution < 1.29 is 17.9 Å². The maximum absolute atomic E-state index is 13.1. The third-order valence-corrected chi connectivity index (χ3v) is 8.23. The van der Waals surface area contributed by atoms with Crippen molar-refractivity contribution in [1.29, 1.82) is 0 Å². The van der Waals surface area contributed by atoms with Crippen molar-refractivity contribution in [3.63, 3.8) is 0 Å². The van der Waals surface area contributed by atoms with Crippen molar-refractivity contribution in [3.8, 4) is 5.69 Å². The smallest absolute Gasteiger partial charge is 0.333 e. The highest BCUT2D eigenvalue weighted by Gasteiger charge is 2.20. The Kier molecular flexibility index (Phi) is 6.05. The molecule has 2 amide bonds. The van der Waals surface area contributed by atoms with E-state index in [4.69, 9.17) is 16.3 Å². The molecular formula is C23H17ClN4O5S2. The predicted molar refractivity (Wildman–Crippen MR) is 136 cm³/mol. The first-order chi connectivity index (χ1) is 16.8. The second-order valence-electron chi connectivity index (χ2n) is 7.49. The standard InChI is InChI=1S/C23H17ClN4O5S2/c24-19-7-8-20(34-19)35(31,32)27-23(30)26-16-2-4-17(5-3-16)28-11-9-14-13-15(21-25-10-12-33-21)1-6-18(14)22(28)29/h1-9,11,13H,10,12H2,(H2,26,27,30). The number of hydrogen-bond acceptors (Lipinski definition) is 7. The average molecular weight is 529 g/mol. The van der Waals surface area contributed by atoms with Crippen LogP contribution >= 0.6 is 22.9 Å². The van der Waals surface area contributed by atoms with Gasteiger partial charge in [0.1, 0.15) is 10.8 Å². The van der Waals surface area contributed by atoms with Crippen LogP contribution in [0.1, 0.15) is 5.56 Å². The highest BCUT2D eigenvalue weighted by atomic mass is 35.5. The number of fused-ring (bicyclic) bond motifs is 1. The second kappa shape index (κ2) is 9.17. The Bertz CT molecular complexity index is 1640. The molecule has 0 spiro atoms. The Morgan fingerprint density at radius 2 is 1.89 bits per heavy atom. The van der Waals surface area contributed by atoms with Gasteiger partial charge in [-0.1, -0.05) is 11.6 Å². The van der Waals surface area contributed by atoms with E-state index in [1.807, 2.05) is 22.9 Å². The number of carbonyl (C=O) groups excluding carboxylic acids is 1. The molecule has 1 aliphatic rings. The van der Waals surface area contributed by atoms with E-state index in [0.29, 0.717) is 40.1 Å². The van der Waals surface area contributed by atoms with Crippen molar-refractivity contribution in [1.82, 2.24) is 9.29 Å². The fourth-order valence-corrected chi connectivity index (χ4v) is 5.96. The minimum atomic E-state index is -4.03. The monoisotopic (exact) mass is 528 g/mol. The van der Waals surface area contributed by atoms with Crippen LogP contribution < -0.4 is 15.6 Å². The number of ether oxygens (including phenoxy) is 1. The molecule has 0 bridgehead atoms. The van der Waals surface area contributed by atoms with Gasteiger partial charge in [0.05, 0.1) is 10.9 Å². The molecule has 2 aromatic carbocycles. The van der Waals surface area contributed by atoms with Crippen molar-refractivity contribution in [2.24, 2.45) is 4.99 Å². The molecule has 4 aromatic rings. The highest BCUT2D eigenvalue weighted by Crippen LogP contribution is 2.25. The summed E-state index contributed by atoms with van der Waals surface area (Å²) in [4.78, 5) is 29.6. The van der Waals surface area contributed by atoms with Gasteiger partial charge in [-0.25, -0.2) is 22.9 Å². The molecule has 2 N–H and O–H groups in total. The summed E-state index contributed by atoms with van der Waals surface area (Å²) in [6.07, 6.45) is 1.67. The summed E-state index contributed by atoms with van der Waals surface area (Å²) in [5.74, 6) is 0.579. The molecule has 0 saturated carbocycles. The van der Waals surface area contributed by atoms with E-state index in [0.717, 1.165) is 22.3 Å². The van der Waals surface area contributed by atoms with Crippen LogP contribution in [-0.2, 0) is 14.8 Å². The molecule has 12 heteroatoms. The van der Waals surface area contributed by atoms with Gasteiger partial charge in [-0.15, -0.1) is 11.3 Å². The van der Waals surface area contributed by atoms with Gasteiger partial charge in [0.25, 0.3) is 15.6 Å². The number of benzene rings is 2. The normalized spacial score (nSPS) is 13.3. The average Bonchev–Trinajstić information content (AvgIpc) is 3.52. The second-order valence-corrected chi connectivity index (χ2v) is 11.1. The number of pyridine rings is 1. The maximum Gasteiger partial charge on any atom is 0.333 e. The molecular weight excluding hydrogens is 512 g/mol. The summed E-state index contributed by atoms with van der Waals surface area (Å²) >= 11 is 6.61. The molecule has 0 unspecified atom stereocenters. The first-order valence-electron chi connectivity index (χ1n) is 10.3. The van der Waals surface area contributed by atoms with E-state index >= 15 is 0 Å². The zero-order chi connectivity index (χ0) is 24.6. The number of nitrogens with one attached hydrogen (secondary N) is 2. The first kappa shape index (κ1) is 23.1. The lowest BCUT2D eigenvalue weighted by atomic mass is 10.1. The lowest BCUT2D eigenvalue weighted by Gasteiger charge is -2.11. The molecule has 9 nitrogen and oxygen atoms in total. The van der Waals surface area contributed by atoms with Crippen molar-refractivity contribution >= 4 is 61.3 Å². The molecule has 1 aliphatic heterocycles. The quantitative estimate of drug-likeness (QED) is 0.406. The fourth-order valence-electron chi connectivity index (χ4n) is 3.57. The SMILES string of the molecule is O=C(Nc1ccc(-n2ccc3cc(C4=NCCO4)ccc3c2=O)cc1)NS(=O)(=O)c1ccc(Cl)s1. The fraction of sp³-hybridized carbons (Fsp3) is 0.0870. The number of nitrogens with zero attached hydrogens (tertiary/aromatic N) is 2. The number of hydrogen-bond donors (Lipinski definition) is 2. The lowest BCUT2D eigenvalue weighted by molar-refractivity contribution is 0.256. The number of anilines is 1. The number of thiophene rings is 1. The molecule has 3 heterocycles. The van der Waals surface area contributed by atoms with Gasteiger partial charge in [0.15, 0.2) is 0 Å². The number of amides is 2. The summed E-state index contributed by atoms with van der Waals surface area (Å²) < 4.78 is 33.6. The number of carbonyl (C=O) groups is 1. The van der Waals surface area contributed by atoms with E-state index in [1.165, 1.54) is 16.7 Å². The topological polar surface area (TPSA) is 119 Å². The van der Waals surface area contributed by atoms with E-state index in [2.05, 4.69) is 10.3 Å². The molecule has 178 valence electrons. The van der Waals surface area contributed by atoms with E-state index in [9.17, 15) is 18.0 Å². The highest BCUT2D eigenvalue weighted by molar-refractivity contribution is 7.92. The van der Waals surface area contributed by atoms with Crippen LogP contribution in [0.3, 0.4) is 0 Å². The van der Waals surface area contributed by atoms with Gasteiger partial charge in [0.2, 0.25) is 5.90 Å². The Morgan fingerprint density at radius 3 is 2.57 bits per heavy atom. The van der Waals surface area contributed by atoms with Gasteiger partial charge < -0.3 is 10.1 Å². The molecule has 5 rings (SSSR count). The van der Waals surface area contributed by atoms with Crippen LogP contribution in [0.2, 0.25) is 4.34 Å². The van der Waals surface area contributed by atoms with Crippen LogP contribution in [0.5, 0.6) is 0 Å². The van der Waals surface area contributed by atoms with Crippen molar-refractivity contribution in [3.05, 3.63) is 87.1 Å². The maximum atomic E-state index is 13.1. The van der Waals surface area contributed by atoms with Crippen LogP contribution in [-0.4, -0.2) is 38.1 Å². The number of halogens is 1. The molecule has 35 heavy (non-hydrogen) atoms. The Balaban J connectivity index is 1.33. The summed E-state index contributed by atoms with van der Waals surface area (Å²) in [6.45, 7) is 1.18. The number of aliphatic imine (C=N–C) groups is 1. The Labute approximate surface area is 208 Å². The van der Waals surface area contributed by atoms with Crippen LogP contribution in [0, 0.1) is 0 Å². The summed E-state index contributed by atoms with van der Waals surface area (Å²) in [6, 6.07) is 15.5. The van der Waals surface area contributed by atoms with Gasteiger partial charge >= 0.3 is 6.03 Å². The molecule has 0 saturated heterocycles. The third-order valence-electron chi connectivity index (χ3n) is 5.18. The minimum Gasteiger partial charge on any atom is -0.476 e. The van der Waals surface area contributed by atoms with Gasteiger partial charge in [-0.3, -0.25) is 9.36 Å². The van der Waals surface area contributed by atoms with Gasteiger partial charge in [-0.05, 0) is 66.0 Å². The molecule has 0 aliphatic carbocycles. The van der Waals surface area contributed by atoms with E-state index in [1.54, 1.807) is 36.5 Å². The van der Waals surface area contributed by atoms with E-state index in [-0.39, 0.29) is 9.77 Å². The number of sulfonamides is 1.